The molecule has 0 aromatic heterocycles. The lowest BCUT2D eigenvalue weighted by Crippen LogP contribution is -2.07. The Morgan fingerprint density at radius 2 is 1.88 bits per heavy atom. The number of benzene rings is 1. The van der Waals surface area contributed by atoms with Crippen molar-refractivity contribution in [1.29, 1.82) is 5.26 Å². The molecule has 0 saturated carbocycles. The minimum atomic E-state index is -0.420. The molecule has 3 nitrogen and oxygen atoms in total. The zero-order valence-corrected chi connectivity index (χ0v) is 9.93. The maximum absolute atomic E-state index is 11.2. The van der Waals surface area contributed by atoms with Crippen LogP contribution in [0.3, 0.4) is 0 Å². The predicted octanol–water partition coefficient (Wildman–Crippen LogP) is 2.78. The smallest absolute Gasteiger partial charge is 0.172 e. The summed E-state index contributed by atoms with van der Waals surface area (Å²) in [5, 5.41) is 9.42. The van der Waals surface area contributed by atoms with Crippen molar-refractivity contribution in [2.45, 2.75) is 6.92 Å². The van der Waals surface area contributed by atoms with Gasteiger partial charge in [0.25, 0.3) is 0 Å². The number of halogens is 2. The van der Waals surface area contributed by atoms with E-state index in [0.29, 0.717) is 15.6 Å². The fourth-order valence-corrected chi connectivity index (χ4v) is 1.81. The molecule has 0 saturated heterocycles. The van der Waals surface area contributed by atoms with Gasteiger partial charge in [-0.25, -0.2) is 0 Å². The Kier molecular flexibility index (Phi) is 3.94. The summed E-state index contributed by atoms with van der Waals surface area (Å²) in [6, 6.07) is 6.57. The van der Waals surface area contributed by atoms with Gasteiger partial charge in [0, 0.05) is 5.56 Å². The van der Waals surface area contributed by atoms with E-state index in [-0.39, 0.29) is 11.3 Å². The lowest BCUT2D eigenvalue weighted by atomic mass is 10.1. The number of Topliss-reactive ketones (excluding diaryl/α,β-unsaturated/α-hetero) is 1. The minimum absolute atomic E-state index is 0.00519. The summed E-state index contributed by atoms with van der Waals surface area (Å²) in [7, 11) is 0. The molecule has 0 fully saturated rings. The van der Waals surface area contributed by atoms with Crippen molar-refractivity contribution >= 4 is 34.7 Å². The average Bonchev–Trinajstić information content (AvgIpc) is 2.17. The van der Waals surface area contributed by atoms with Crippen molar-refractivity contribution in [1.82, 2.24) is 0 Å². The molecule has 0 atom stereocenters. The van der Waals surface area contributed by atoms with E-state index in [1.807, 2.05) is 0 Å². The molecule has 0 unspecified atom stereocenters. The number of ketones is 1. The van der Waals surface area contributed by atoms with Crippen LogP contribution in [0.1, 0.15) is 12.5 Å². The molecule has 0 aliphatic rings. The van der Waals surface area contributed by atoms with Crippen molar-refractivity contribution in [3.8, 4) is 6.07 Å². The molecule has 0 aliphatic heterocycles. The highest BCUT2D eigenvalue weighted by molar-refractivity contribution is 6.37. The summed E-state index contributed by atoms with van der Waals surface area (Å²) in [5.74, 6) is -0.420. The highest BCUT2D eigenvalue weighted by Gasteiger charge is 2.15. The maximum atomic E-state index is 11.2. The maximum Gasteiger partial charge on any atom is 0.172 e. The van der Waals surface area contributed by atoms with Crippen molar-refractivity contribution in [2.24, 2.45) is 5.73 Å². The quantitative estimate of drug-likeness (QED) is 0.652. The van der Waals surface area contributed by atoms with Crippen molar-refractivity contribution in [2.75, 3.05) is 0 Å². The van der Waals surface area contributed by atoms with Crippen LogP contribution in [0.4, 0.5) is 0 Å². The second-order valence-electron chi connectivity index (χ2n) is 3.05. The number of hydrogen-bond acceptors (Lipinski definition) is 3. The molecule has 0 radical (unpaired) electrons. The third-order valence-corrected chi connectivity index (χ3v) is 2.60. The summed E-state index contributed by atoms with van der Waals surface area (Å²) in [6.45, 7) is 1.26. The number of rotatable bonds is 2. The third-order valence-electron chi connectivity index (χ3n) is 1.97. The van der Waals surface area contributed by atoms with Gasteiger partial charge in [0.2, 0.25) is 0 Å². The van der Waals surface area contributed by atoms with Crippen LogP contribution in [0, 0.1) is 11.3 Å². The molecule has 5 heteroatoms. The molecule has 82 valence electrons. The van der Waals surface area contributed by atoms with Crippen molar-refractivity contribution in [3.05, 3.63) is 39.4 Å². The summed E-state index contributed by atoms with van der Waals surface area (Å²) in [5.41, 5.74) is 5.90. The van der Waals surface area contributed by atoms with Gasteiger partial charge in [0.05, 0.1) is 15.7 Å². The van der Waals surface area contributed by atoms with E-state index in [4.69, 9.17) is 34.2 Å². The Bertz CT molecular complexity index is 495. The van der Waals surface area contributed by atoms with Gasteiger partial charge in [-0.3, -0.25) is 4.79 Å². The molecule has 0 bridgehead atoms. The van der Waals surface area contributed by atoms with Gasteiger partial charge < -0.3 is 5.73 Å². The Balaban J connectivity index is 3.51. The molecule has 0 spiro atoms. The van der Waals surface area contributed by atoms with Gasteiger partial charge in [-0.2, -0.15) is 5.26 Å². The van der Waals surface area contributed by atoms with Gasteiger partial charge in [0.1, 0.15) is 11.6 Å². The topological polar surface area (TPSA) is 66.9 Å². The third kappa shape index (κ3) is 2.35. The van der Waals surface area contributed by atoms with E-state index < -0.39 is 5.78 Å². The molecule has 2 N–H and O–H groups in total. The average molecular weight is 255 g/mol. The fourth-order valence-electron chi connectivity index (χ4n) is 1.21. The first-order chi connectivity index (χ1) is 7.49. The first-order valence-electron chi connectivity index (χ1n) is 4.34. The van der Waals surface area contributed by atoms with Crippen LogP contribution >= 0.6 is 23.2 Å². The monoisotopic (exact) mass is 254 g/mol. The molecule has 1 aromatic rings. The second-order valence-corrected chi connectivity index (χ2v) is 3.87. The Morgan fingerprint density at radius 3 is 2.25 bits per heavy atom. The SMILES string of the molecule is CC(=O)C(C#N)=C(N)c1c(Cl)cccc1Cl. The molecule has 1 rings (SSSR count). The Morgan fingerprint density at radius 1 is 1.38 bits per heavy atom. The van der Waals surface area contributed by atoms with Crippen molar-refractivity contribution in [3.63, 3.8) is 0 Å². The van der Waals surface area contributed by atoms with E-state index in [1.165, 1.54) is 6.92 Å². The summed E-state index contributed by atoms with van der Waals surface area (Å²) >= 11 is 11.8. The number of nitrogens with two attached hydrogens (primary N) is 1. The number of nitriles is 1. The summed E-state index contributed by atoms with van der Waals surface area (Å²) in [4.78, 5) is 11.2. The molecular weight excluding hydrogens is 247 g/mol. The molecule has 1 aromatic carbocycles. The normalized spacial score (nSPS) is 11.6. The number of carbonyl (C=O) groups excluding carboxylic acids is 1. The van der Waals surface area contributed by atoms with Crippen LogP contribution in [-0.2, 0) is 4.79 Å². The molecule has 0 heterocycles. The van der Waals surface area contributed by atoms with Gasteiger partial charge in [-0.1, -0.05) is 29.3 Å². The Hall–Kier alpha value is -1.50. The molecule has 0 amide bonds. The van der Waals surface area contributed by atoms with E-state index in [0.717, 1.165) is 0 Å². The summed E-state index contributed by atoms with van der Waals surface area (Å²) < 4.78 is 0. The molecular formula is C11H8Cl2N2O. The first kappa shape index (κ1) is 12.6. The van der Waals surface area contributed by atoms with E-state index in [1.54, 1.807) is 24.3 Å². The van der Waals surface area contributed by atoms with E-state index >= 15 is 0 Å². The van der Waals surface area contributed by atoms with Gasteiger partial charge >= 0.3 is 0 Å². The lowest BCUT2D eigenvalue weighted by molar-refractivity contribution is -0.113. The van der Waals surface area contributed by atoms with Crippen LogP contribution in [0.15, 0.2) is 23.8 Å². The van der Waals surface area contributed by atoms with Crippen LogP contribution in [0.5, 0.6) is 0 Å². The van der Waals surface area contributed by atoms with Crippen LogP contribution < -0.4 is 5.73 Å². The second kappa shape index (κ2) is 5.02. The zero-order valence-electron chi connectivity index (χ0n) is 8.42. The number of hydrogen-bond donors (Lipinski definition) is 1. The van der Waals surface area contributed by atoms with Gasteiger partial charge in [-0.15, -0.1) is 0 Å². The summed E-state index contributed by atoms with van der Waals surface area (Å²) in [6.07, 6.45) is 0. The zero-order chi connectivity index (χ0) is 12.3. The van der Waals surface area contributed by atoms with Gasteiger partial charge in [-0.05, 0) is 19.1 Å². The number of nitrogens with zero attached hydrogens (tertiary/aromatic N) is 1. The highest BCUT2D eigenvalue weighted by Crippen LogP contribution is 2.30. The molecule has 16 heavy (non-hydrogen) atoms. The highest BCUT2D eigenvalue weighted by atomic mass is 35.5. The van der Waals surface area contributed by atoms with E-state index in [2.05, 4.69) is 0 Å². The van der Waals surface area contributed by atoms with Gasteiger partial charge in [0.15, 0.2) is 5.78 Å². The minimum Gasteiger partial charge on any atom is -0.397 e. The standard InChI is InChI=1S/C11H8Cl2N2O/c1-6(16)7(5-14)11(15)10-8(12)3-2-4-9(10)13/h2-4H,15H2,1H3. The number of allylic oxidation sites excluding steroid dienone is 1. The van der Waals surface area contributed by atoms with Crippen LogP contribution in [0.25, 0.3) is 5.70 Å². The molecule has 0 aliphatic carbocycles. The first-order valence-corrected chi connectivity index (χ1v) is 5.09. The number of carbonyl (C=O) groups is 1. The largest absolute Gasteiger partial charge is 0.397 e. The van der Waals surface area contributed by atoms with Crippen molar-refractivity contribution < 1.29 is 4.79 Å². The van der Waals surface area contributed by atoms with Crippen LogP contribution in [0.2, 0.25) is 10.0 Å². The van der Waals surface area contributed by atoms with Crippen LogP contribution in [-0.4, -0.2) is 5.78 Å². The fraction of sp³-hybridized carbons (Fsp3) is 0.0909. The predicted molar refractivity (Wildman–Crippen MR) is 63.9 cm³/mol. The Labute approximate surface area is 103 Å². The van der Waals surface area contributed by atoms with E-state index in [9.17, 15) is 4.79 Å². The lowest BCUT2D eigenvalue weighted by Gasteiger charge is -2.08.